The van der Waals surface area contributed by atoms with E-state index < -0.39 is 0 Å². The lowest BCUT2D eigenvalue weighted by atomic mass is 10.2. The molecule has 0 radical (unpaired) electrons. The Balaban J connectivity index is 1.52. The Bertz CT molecular complexity index is 646. The third-order valence-corrected chi connectivity index (χ3v) is 4.32. The first-order chi connectivity index (χ1) is 11.4. The van der Waals surface area contributed by atoms with E-state index in [1.54, 1.807) is 12.4 Å². The predicted molar refractivity (Wildman–Crippen MR) is 87.4 cm³/mol. The molecule has 3 heterocycles. The van der Waals surface area contributed by atoms with Gasteiger partial charge in [-0.3, -0.25) is 4.90 Å². The molecule has 2 aliphatic rings. The molecule has 6 nitrogen and oxygen atoms in total. The van der Waals surface area contributed by atoms with Crippen molar-refractivity contribution >= 4 is 11.6 Å². The fraction of sp³-hybridized carbons (Fsp3) is 0.471. The minimum absolute atomic E-state index is 0.148. The summed E-state index contributed by atoms with van der Waals surface area (Å²) in [6.45, 7) is 3.56. The van der Waals surface area contributed by atoms with E-state index in [1.807, 2.05) is 24.3 Å². The molecule has 0 amide bonds. The van der Waals surface area contributed by atoms with Crippen LogP contribution in [0.25, 0.3) is 0 Å². The Labute approximate surface area is 135 Å². The van der Waals surface area contributed by atoms with Gasteiger partial charge >= 0.3 is 0 Å². The van der Waals surface area contributed by atoms with E-state index in [0.717, 1.165) is 43.1 Å². The van der Waals surface area contributed by atoms with Crippen LogP contribution in [0.3, 0.4) is 0 Å². The molecule has 23 heavy (non-hydrogen) atoms. The van der Waals surface area contributed by atoms with Gasteiger partial charge in [0.25, 0.3) is 0 Å². The van der Waals surface area contributed by atoms with E-state index in [-0.39, 0.29) is 6.04 Å². The Kier molecular flexibility index (Phi) is 4.17. The van der Waals surface area contributed by atoms with E-state index in [2.05, 4.69) is 25.2 Å². The molecule has 1 N–H and O–H groups in total. The lowest BCUT2D eigenvalue weighted by Crippen LogP contribution is -2.41. The van der Waals surface area contributed by atoms with Gasteiger partial charge in [0.15, 0.2) is 0 Å². The summed E-state index contributed by atoms with van der Waals surface area (Å²) in [5, 5.41) is 3.23. The van der Waals surface area contributed by atoms with Crippen LogP contribution < -0.4 is 5.32 Å². The fourth-order valence-corrected chi connectivity index (χ4v) is 2.90. The second kappa shape index (κ2) is 6.60. The Morgan fingerprint density at radius 3 is 2.91 bits per heavy atom. The lowest BCUT2D eigenvalue weighted by molar-refractivity contribution is -0.0137. The smallest absolute Gasteiger partial charge is 0.150 e. The molecule has 0 spiro atoms. The highest BCUT2D eigenvalue weighted by atomic mass is 16.5. The summed E-state index contributed by atoms with van der Waals surface area (Å²) >= 11 is 0. The van der Waals surface area contributed by atoms with Crippen molar-refractivity contribution in [2.45, 2.75) is 18.9 Å². The molecule has 4 rings (SSSR count). The van der Waals surface area contributed by atoms with Crippen LogP contribution in [0.2, 0.25) is 0 Å². The number of morpholine rings is 1. The maximum atomic E-state index is 5.67. The molecule has 0 bridgehead atoms. The van der Waals surface area contributed by atoms with Crippen molar-refractivity contribution in [3.8, 4) is 0 Å². The van der Waals surface area contributed by atoms with Gasteiger partial charge in [-0.15, -0.1) is 0 Å². The van der Waals surface area contributed by atoms with Gasteiger partial charge in [0.1, 0.15) is 17.5 Å². The number of hydrogen-bond donors (Lipinski definition) is 1. The average molecular weight is 311 g/mol. The van der Waals surface area contributed by atoms with E-state index in [4.69, 9.17) is 4.74 Å². The third kappa shape index (κ3) is 3.65. The summed E-state index contributed by atoms with van der Waals surface area (Å²) in [5.41, 5.74) is 0. The highest BCUT2D eigenvalue weighted by Gasteiger charge is 2.32. The van der Waals surface area contributed by atoms with Crippen LogP contribution in [0.4, 0.5) is 11.6 Å². The van der Waals surface area contributed by atoms with Crippen molar-refractivity contribution in [3.63, 3.8) is 0 Å². The first-order valence-corrected chi connectivity index (χ1v) is 8.21. The van der Waals surface area contributed by atoms with Gasteiger partial charge in [0.2, 0.25) is 0 Å². The average Bonchev–Trinajstić information content (AvgIpc) is 3.41. The minimum atomic E-state index is 0.148. The second-order valence-electron chi connectivity index (χ2n) is 6.17. The Morgan fingerprint density at radius 1 is 1.13 bits per heavy atom. The number of anilines is 2. The van der Waals surface area contributed by atoms with E-state index in [1.165, 1.54) is 12.8 Å². The maximum absolute atomic E-state index is 5.67. The fourth-order valence-electron chi connectivity index (χ4n) is 2.90. The number of rotatable bonds is 5. The molecule has 1 saturated carbocycles. The summed E-state index contributed by atoms with van der Waals surface area (Å²) < 4.78 is 5.67. The zero-order valence-corrected chi connectivity index (χ0v) is 13.1. The van der Waals surface area contributed by atoms with Crippen LogP contribution in [0.1, 0.15) is 24.7 Å². The van der Waals surface area contributed by atoms with E-state index in [9.17, 15) is 0 Å². The number of hydrogen-bond acceptors (Lipinski definition) is 6. The molecule has 1 unspecified atom stereocenters. The molecule has 2 aromatic heterocycles. The summed E-state index contributed by atoms with van der Waals surface area (Å²) in [6.07, 6.45) is 6.27. The van der Waals surface area contributed by atoms with Crippen LogP contribution >= 0.6 is 0 Å². The van der Waals surface area contributed by atoms with Crippen molar-refractivity contribution in [1.29, 1.82) is 0 Å². The summed E-state index contributed by atoms with van der Waals surface area (Å²) in [7, 11) is 0. The van der Waals surface area contributed by atoms with Crippen molar-refractivity contribution in [2.24, 2.45) is 5.92 Å². The zero-order valence-electron chi connectivity index (χ0n) is 13.1. The van der Waals surface area contributed by atoms with Crippen LogP contribution in [0.15, 0.2) is 36.7 Å². The van der Waals surface area contributed by atoms with Gasteiger partial charge in [-0.2, -0.15) is 0 Å². The van der Waals surface area contributed by atoms with Crippen molar-refractivity contribution < 1.29 is 4.74 Å². The number of nitrogens with one attached hydrogen (secondary N) is 1. The van der Waals surface area contributed by atoms with Crippen LogP contribution in [0, 0.1) is 5.92 Å². The number of nitrogens with zero attached hydrogens (tertiary/aromatic N) is 4. The highest BCUT2D eigenvalue weighted by molar-refractivity contribution is 5.50. The molecule has 1 aliphatic carbocycles. The monoisotopic (exact) mass is 311 g/mol. The van der Waals surface area contributed by atoms with Crippen LogP contribution in [0.5, 0.6) is 0 Å². The Hall–Kier alpha value is -2.05. The Morgan fingerprint density at radius 2 is 2.09 bits per heavy atom. The number of aromatic nitrogens is 3. The first kappa shape index (κ1) is 14.5. The molecule has 1 saturated heterocycles. The quantitative estimate of drug-likeness (QED) is 0.915. The normalized spacial score (nSPS) is 22.0. The number of pyridine rings is 1. The summed E-state index contributed by atoms with van der Waals surface area (Å²) in [6, 6.07) is 7.78. The molecule has 120 valence electrons. The van der Waals surface area contributed by atoms with Crippen LogP contribution in [-0.4, -0.2) is 46.2 Å². The topological polar surface area (TPSA) is 63.2 Å². The predicted octanol–water partition coefficient (Wildman–Crippen LogP) is 2.40. The molecule has 1 atom stereocenters. The van der Waals surface area contributed by atoms with Gasteiger partial charge in [0.05, 0.1) is 19.3 Å². The van der Waals surface area contributed by atoms with Crippen LogP contribution in [-0.2, 0) is 4.74 Å². The molecule has 6 heteroatoms. The standard InChI is InChI=1S/C17H21N5O/c1-2-7-18-15(3-1)20-16-6-8-19-17(21-16)14-12-23-10-9-22(14)11-13-4-5-13/h1-3,6-8,13-14H,4-5,9-12H2,(H,18,19,20,21). The summed E-state index contributed by atoms with van der Waals surface area (Å²) in [5.74, 6) is 3.23. The van der Waals surface area contributed by atoms with E-state index in [0.29, 0.717) is 6.61 Å². The second-order valence-corrected chi connectivity index (χ2v) is 6.17. The van der Waals surface area contributed by atoms with Crippen molar-refractivity contribution in [3.05, 3.63) is 42.5 Å². The van der Waals surface area contributed by atoms with E-state index >= 15 is 0 Å². The first-order valence-electron chi connectivity index (χ1n) is 8.21. The molecule has 2 fully saturated rings. The molecule has 1 aliphatic heterocycles. The van der Waals surface area contributed by atoms with Gasteiger partial charge in [-0.1, -0.05) is 6.07 Å². The maximum Gasteiger partial charge on any atom is 0.150 e. The van der Waals surface area contributed by atoms with Gasteiger partial charge in [-0.05, 0) is 37.0 Å². The largest absolute Gasteiger partial charge is 0.378 e. The van der Waals surface area contributed by atoms with Crippen molar-refractivity contribution in [2.75, 3.05) is 31.6 Å². The highest BCUT2D eigenvalue weighted by Crippen LogP contribution is 2.33. The van der Waals surface area contributed by atoms with Crippen molar-refractivity contribution in [1.82, 2.24) is 19.9 Å². The minimum Gasteiger partial charge on any atom is -0.378 e. The molecule has 2 aromatic rings. The SMILES string of the molecule is c1ccc(Nc2ccnc(C3COCCN3CC3CC3)n2)nc1. The third-order valence-electron chi connectivity index (χ3n) is 4.32. The lowest BCUT2D eigenvalue weighted by Gasteiger charge is -2.34. The van der Waals surface area contributed by atoms with Gasteiger partial charge in [-0.25, -0.2) is 15.0 Å². The van der Waals surface area contributed by atoms with Gasteiger partial charge in [0, 0.05) is 25.5 Å². The zero-order chi connectivity index (χ0) is 15.5. The summed E-state index contributed by atoms with van der Waals surface area (Å²) in [4.78, 5) is 15.9. The number of ether oxygens (including phenoxy) is 1. The molecule has 0 aromatic carbocycles. The molecular formula is C17H21N5O. The molecular weight excluding hydrogens is 290 g/mol. The van der Waals surface area contributed by atoms with Gasteiger partial charge < -0.3 is 10.1 Å².